The summed E-state index contributed by atoms with van der Waals surface area (Å²) in [5, 5.41) is 8.05. The molecule has 0 radical (unpaired) electrons. The van der Waals surface area contributed by atoms with Gasteiger partial charge in [-0.25, -0.2) is 0 Å². The van der Waals surface area contributed by atoms with Crippen molar-refractivity contribution in [2.45, 2.75) is 12.8 Å². The number of unbranched alkanes of at least 4 members (excludes halogenated alkanes) is 1. The number of carbonyl (C=O) groups is 1. The highest BCUT2D eigenvalue weighted by atomic mass is 35.5. The molecule has 144 valence electrons. The summed E-state index contributed by atoms with van der Waals surface area (Å²) in [7, 11) is 0. The Labute approximate surface area is 169 Å². The first-order valence-electron chi connectivity index (χ1n) is 9.21. The van der Waals surface area contributed by atoms with Crippen LogP contribution >= 0.6 is 11.6 Å². The molecule has 1 aromatic heterocycles. The van der Waals surface area contributed by atoms with Gasteiger partial charge in [-0.2, -0.15) is 0 Å². The lowest BCUT2D eigenvalue weighted by atomic mass is 10.2. The number of hydrogen-bond donors (Lipinski definition) is 3. The van der Waals surface area contributed by atoms with Crippen LogP contribution in [-0.4, -0.2) is 24.0 Å². The number of anilines is 2. The topological polar surface area (TPSA) is 80.0 Å². The number of nitrogens with two attached hydrogens (primary N) is 1. The van der Waals surface area contributed by atoms with E-state index in [1.165, 1.54) is 6.08 Å². The molecule has 3 aromatic rings. The quantitative estimate of drug-likeness (QED) is 0.298. The van der Waals surface area contributed by atoms with Crippen LogP contribution in [0.25, 0.3) is 17.0 Å². The Kier molecular flexibility index (Phi) is 6.87. The summed E-state index contributed by atoms with van der Waals surface area (Å²) in [5.41, 5.74) is 9.20. The minimum atomic E-state index is -0.0956. The smallest absolute Gasteiger partial charge is 0.243 e. The first-order chi connectivity index (χ1) is 13.6. The predicted molar refractivity (Wildman–Crippen MR) is 117 cm³/mol. The molecule has 28 heavy (non-hydrogen) atoms. The van der Waals surface area contributed by atoms with Crippen LogP contribution in [0.4, 0.5) is 11.4 Å². The Morgan fingerprint density at radius 3 is 2.68 bits per heavy atom. The molecule has 0 fully saturated rings. The molecule has 0 aliphatic carbocycles. The van der Waals surface area contributed by atoms with E-state index in [4.69, 9.17) is 17.3 Å². The van der Waals surface area contributed by atoms with Crippen molar-refractivity contribution >= 4 is 45.9 Å². The van der Waals surface area contributed by atoms with Gasteiger partial charge in [-0.3, -0.25) is 9.78 Å². The van der Waals surface area contributed by atoms with Gasteiger partial charge in [0.2, 0.25) is 5.91 Å². The Bertz CT molecular complexity index is 970. The number of fused-ring (bicyclic) bond motifs is 1. The third-order valence-corrected chi connectivity index (χ3v) is 4.52. The normalized spacial score (nSPS) is 11.0. The number of nitrogens with zero attached hydrogens (tertiary/aromatic N) is 1. The monoisotopic (exact) mass is 394 g/mol. The van der Waals surface area contributed by atoms with Crippen molar-refractivity contribution < 1.29 is 4.79 Å². The molecule has 0 saturated heterocycles. The molecule has 4 N–H and O–H groups in total. The van der Waals surface area contributed by atoms with Crippen LogP contribution in [0.2, 0.25) is 5.02 Å². The second-order valence-corrected chi connectivity index (χ2v) is 6.88. The molecule has 5 nitrogen and oxygen atoms in total. The Balaban J connectivity index is 1.37. The minimum Gasteiger partial charge on any atom is -0.399 e. The fourth-order valence-electron chi connectivity index (χ4n) is 2.80. The highest BCUT2D eigenvalue weighted by molar-refractivity contribution is 6.31. The summed E-state index contributed by atoms with van der Waals surface area (Å²) in [5.74, 6) is -0.0956. The van der Waals surface area contributed by atoms with Gasteiger partial charge in [0.25, 0.3) is 0 Å². The van der Waals surface area contributed by atoms with Gasteiger partial charge >= 0.3 is 0 Å². The van der Waals surface area contributed by atoms with E-state index in [-0.39, 0.29) is 5.91 Å². The van der Waals surface area contributed by atoms with E-state index in [0.717, 1.165) is 41.5 Å². The van der Waals surface area contributed by atoms with E-state index in [1.54, 1.807) is 12.3 Å². The summed E-state index contributed by atoms with van der Waals surface area (Å²) < 4.78 is 0. The van der Waals surface area contributed by atoms with Crippen LogP contribution in [-0.2, 0) is 4.79 Å². The number of pyridine rings is 1. The van der Waals surface area contributed by atoms with Gasteiger partial charge in [0.15, 0.2) is 0 Å². The van der Waals surface area contributed by atoms with Gasteiger partial charge in [0, 0.05) is 47.1 Å². The van der Waals surface area contributed by atoms with Crippen LogP contribution in [0.1, 0.15) is 18.4 Å². The number of carbonyl (C=O) groups excluding carboxylic acids is 1. The van der Waals surface area contributed by atoms with Gasteiger partial charge in [-0.15, -0.1) is 0 Å². The number of benzene rings is 2. The van der Waals surface area contributed by atoms with Crippen LogP contribution in [0.3, 0.4) is 0 Å². The molecule has 6 heteroatoms. The molecule has 0 bridgehead atoms. The second-order valence-electron chi connectivity index (χ2n) is 6.44. The first-order valence-corrected chi connectivity index (χ1v) is 9.59. The number of amides is 1. The number of nitrogen functional groups attached to an aromatic ring is 1. The lowest BCUT2D eigenvalue weighted by Crippen LogP contribution is -2.22. The lowest BCUT2D eigenvalue weighted by molar-refractivity contribution is -0.116. The average molecular weight is 395 g/mol. The zero-order valence-electron chi connectivity index (χ0n) is 15.5. The van der Waals surface area contributed by atoms with Crippen molar-refractivity contribution in [3.05, 3.63) is 71.4 Å². The van der Waals surface area contributed by atoms with E-state index in [1.807, 2.05) is 48.5 Å². The van der Waals surface area contributed by atoms with Gasteiger partial charge in [-0.1, -0.05) is 23.7 Å². The van der Waals surface area contributed by atoms with Crippen molar-refractivity contribution in [3.63, 3.8) is 0 Å². The average Bonchev–Trinajstić information content (AvgIpc) is 2.70. The Morgan fingerprint density at radius 1 is 1.07 bits per heavy atom. The number of rotatable bonds is 8. The lowest BCUT2D eigenvalue weighted by Gasteiger charge is -2.09. The number of halogens is 1. The van der Waals surface area contributed by atoms with Crippen LogP contribution in [0, 0.1) is 0 Å². The van der Waals surface area contributed by atoms with E-state index < -0.39 is 0 Å². The zero-order chi connectivity index (χ0) is 19.8. The van der Waals surface area contributed by atoms with Gasteiger partial charge < -0.3 is 16.4 Å². The summed E-state index contributed by atoms with van der Waals surface area (Å²) in [6.45, 7) is 1.46. The Hall–Kier alpha value is -3.05. The minimum absolute atomic E-state index is 0.0956. The SMILES string of the molecule is Nc1ccc(/C=C/C(=O)NCCCCNc2ccnc3cc(Cl)ccc23)cc1. The number of aromatic nitrogens is 1. The molecule has 0 spiro atoms. The van der Waals surface area contributed by atoms with Crippen molar-refractivity contribution in [1.29, 1.82) is 0 Å². The highest BCUT2D eigenvalue weighted by Crippen LogP contribution is 2.24. The molecule has 2 aromatic carbocycles. The Morgan fingerprint density at radius 2 is 1.86 bits per heavy atom. The number of hydrogen-bond acceptors (Lipinski definition) is 4. The molecule has 0 aliphatic heterocycles. The maximum absolute atomic E-state index is 11.9. The maximum Gasteiger partial charge on any atom is 0.243 e. The first kappa shape index (κ1) is 19.7. The molecular weight excluding hydrogens is 372 g/mol. The van der Waals surface area contributed by atoms with Crippen molar-refractivity contribution in [1.82, 2.24) is 10.3 Å². The summed E-state index contributed by atoms with van der Waals surface area (Å²) >= 11 is 6.02. The van der Waals surface area contributed by atoms with Crippen LogP contribution < -0.4 is 16.4 Å². The molecule has 0 atom stereocenters. The van der Waals surface area contributed by atoms with E-state index in [2.05, 4.69) is 15.6 Å². The molecule has 0 aliphatic rings. The fourth-order valence-corrected chi connectivity index (χ4v) is 2.96. The maximum atomic E-state index is 11.9. The second kappa shape index (κ2) is 9.76. The summed E-state index contributed by atoms with van der Waals surface area (Å²) in [6, 6.07) is 15.0. The molecular formula is C22H23ClN4O. The van der Waals surface area contributed by atoms with Crippen molar-refractivity contribution in [2.24, 2.45) is 0 Å². The van der Waals surface area contributed by atoms with Crippen LogP contribution in [0.5, 0.6) is 0 Å². The zero-order valence-corrected chi connectivity index (χ0v) is 16.2. The summed E-state index contributed by atoms with van der Waals surface area (Å²) in [6.07, 6.45) is 6.92. The molecule has 1 amide bonds. The third-order valence-electron chi connectivity index (χ3n) is 4.29. The third kappa shape index (κ3) is 5.72. The van der Waals surface area contributed by atoms with E-state index in [9.17, 15) is 4.79 Å². The van der Waals surface area contributed by atoms with Crippen molar-refractivity contribution in [2.75, 3.05) is 24.1 Å². The van der Waals surface area contributed by atoms with Crippen LogP contribution in [0.15, 0.2) is 60.8 Å². The summed E-state index contributed by atoms with van der Waals surface area (Å²) in [4.78, 5) is 16.2. The molecule has 0 saturated carbocycles. The number of nitrogens with one attached hydrogen (secondary N) is 2. The van der Waals surface area contributed by atoms with Crippen molar-refractivity contribution in [3.8, 4) is 0 Å². The predicted octanol–water partition coefficient (Wildman–Crippen LogP) is 4.49. The molecule has 1 heterocycles. The molecule has 3 rings (SSSR count). The van der Waals surface area contributed by atoms with E-state index >= 15 is 0 Å². The standard InChI is InChI=1S/C22H23ClN4O/c23-17-6-9-19-20(11-14-26-21(19)15-17)25-12-1-2-13-27-22(28)10-5-16-3-7-18(24)8-4-16/h3-11,14-15H,1-2,12-13,24H2,(H,25,26)(H,27,28)/b10-5+. The highest BCUT2D eigenvalue weighted by Gasteiger charge is 2.02. The largest absolute Gasteiger partial charge is 0.399 e. The van der Waals surface area contributed by atoms with Gasteiger partial charge in [0.1, 0.15) is 0 Å². The molecule has 0 unspecified atom stereocenters. The van der Waals surface area contributed by atoms with E-state index in [0.29, 0.717) is 17.3 Å². The van der Waals surface area contributed by atoms with Gasteiger partial charge in [0.05, 0.1) is 5.52 Å². The fraction of sp³-hybridized carbons (Fsp3) is 0.182. The van der Waals surface area contributed by atoms with Gasteiger partial charge in [-0.05, 0) is 60.9 Å².